The maximum absolute atomic E-state index is 14.5. The number of unbranched alkanes of at least 4 members (excludes halogenated alkanes) is 11. The molecule has 0 unspecified atom stereocenters. The van der Waals surface area contributed by atoms with Crippen molar-refractivity contribution >= 4 is 90.6 Å². The van der Waals surface area contributed by atoms with Gasteiger partial charge in [0.15, 0.2) is 0 Å². The molecule has 5 aliphatic heterocycles. The molecule has 5 saturated heterocycles. The highest BCUT2D eigenvalue weighted by molar-refractivity contribution is 7.46. The number of amides is 12. The monoisotopic (exact) mass is 1420 g/mol. The number of primary amides is 1. The maximum Gasteiger partial charge on any atom is 0.469 e. The highest BCUT2D eigenvalue weighted by atomic mass is 31.2. The van der Waals surface area contributed by atoms with Crippen LogP contribution in [0.15, 0.2) is 0 Å². The maximum atomic E-state index is 14.5. The van der Waals surface area contributed by atoms with Crippen LogP contribution in [0.4, 0.5) is 0 Å². The number of phosphoric ester groups is 1. The van der Waals surface area contributed by atoms with Crippen LogP contribution in [0.25, 0.3) is 0 Å². The van der Waals surface area contributed by atoms with E-state index in [-0.39, 0.29) is 109 Å². The molecule has 5 heterocycles. The lowest BCUT2D eigenvalue weighted by Gasteiger charge is -2.34. The van der Waals surface area contributed by atoms with E-state index in [0.29, 0.717) is 38.6 Å². The molecule has 15 N–H and O–H groups in total. The van der Waals surface area contributed by atoms with Gasteiger partial charge in [-0.25, -0.2) is 9.36 Å². The molecule has 35 heteroatoms. The molecule has 0 aromatic heterocycles. The van der Waals surface area contributed by atoms with Gasteiger partial charge in [-0.15, -0.1) is 0 Å². The number of nitrogens with one attached hydrogen (secondary N) is 6. The minimum Gasteiger partial charge on any atom is -0.481 e. The first-order valence-corrected chi connectivity index (χ1v) is 36.7. The molecule has 99 heavy (non-hydrogen) atoms. The fraction of sp³-hybridized carbons (Fsp3) is 0.781. The summed E-state index contributed by atoms with van der Waals surface area (Å²) in [6, 6.07) is -15.1. The van der Waals surface area contributed by atoms with E-state index in [1.807, 2.05) is 0 Å². The molecule has 0 radical (unpaired) electrons. The van der Waals surface area contributed by atoms with Gasteiger partial charge in [0.1, 0.15) is 66.5 Å². The summed E-state index contributed by atoms with van der Waals surface area (Å²) in [5.74, 6) is -12.3. The molecule has 0 aliphatic carbocycles. The van der Waals surface area contributed by atoms with Gasteiger partial charge in [-0.3, -0.25) is 66.9 Å². The number of aliphatic hydroxyl groups is 1. The second-order valence-electron chi connectivity index (χ2n) is 26.4. The van der Waals surface area contributed by atoms with Gasteiger partial charge in [-0.2, -0.15) is 0 Å². The van der Waals surface area contributed by atoms with E-state index in [0.717, 1.165) is 35.5 Å². The van der Waals surface area contributed by atoms with Crippen LogP contribution in [-0.4, -0.2) is 251 Å². The number of carbonyl (C=O) groups excluding carboxylic acids is 12. The third-order valence-electron chi connectivity index (χ3n) is 18.9. The summed E-state index contributed by atoms with van der Waals surface area (Å²) in [5, 5.41) is 45.1. The van der Waals surface area contributed by atoms with Crippen LogP contribution in [0.2, 0.25) is 0 Å². The summed E-state index contributed by atoms with van der Waals surface area (Å²) in [6.07, 6.45) is 13.6. The standard InChI is InChI=1S/C64H106N13O21P/c1-3-4-5-6-7-8-9-10-11-12-13-27-52(80)68-41(21-14-15-32-65)55(84)69-43(29-31-53(81)82)54(83)67-40(2)59(88)75-35-18-24-48(75)62(91)74-34-17-23-47(74)58(87)71-44(38-78)60(89)76-36-19-25-49(76)63(92)73-33-16-22-46(73)57(86)70-42(28-30-51(66)79)56(85)72-45(39-98-99(95,96)97)61(90)77-37-20-26-50(77)64(93)94/h40-50,78H,3-39,65H2,1-2H3,(H2,66,79)(H,67,83)(H,68,80)(H,69,84)(H,70,86)(H,71,87)(H,72,85)(H,81,82)(H,93,94)(H2,95,96,97)/t40-,41-,42-,43-,44-,45-,46-,47-,48-,49-,50-/m0/s1. The molecule has 34 nitrogen and oxygen atoms in total. The van der Waals surface area contributed by atoms with E-state index in [9.17, 15) is 96.8 Å². The Morgan fingerprint density at radius 3 is 1.37 bits per heavy atom. The number of likely N-dealkylation sites (tertiary alicyclic amines) is 5. The van der Waals surface area contributed by atoms with Crippen molar-refractivity contribution in [2.24, 2.45) is 11.5 Å². The first-order valence-electron chi connectivity index (χ1n) is 35.2. The van der Waals surface area contributed by atoms with Gasteiger partial charge in [0.2, 0.25) is 70.9 Å². The summed E-state index contributed by atoms with van der Waals surface area (Å²) >= 11 is 0. The summed E-state index contributed by atoms with van der Waals surface area (Å²) < 4.78 is 16.2. The van der Waals surface area contributed by atoms with Crippen molar-refractivity contribution < 1.29 is 101 Å². The molecule has 0 aromatic rings. The zero-order valence-electron chi connectivity index (χ0n) is 57.1. The number of nitrogens with zero attached hydrogens (tertiary/aromatic N) is 5. The number of carbonyl (C=O) groups is 14. The van der Waals surface area contributed by atoms with Crippen LogP contribution < -0.4 is 43.4 Å². The summed E-state index contributed by atoms with van der Waals surface area (Å²) in [7, 11) is -5.26. The molecule has 0 aromatic carbocycles. The van der Waals surface area contributed by atoms with Gasteiger partial charge in [-0.05, 0) is 116 Å². The zero-order chi connectivity index (χ0) is 72.9. The van der Waals surface area contributed by atoms with Crippen molar-refractivity contribution in [1.82, 2.24) is 56.4 Å². The predicted octanol–water partition coefficient (Wildman–Crippen LogP) is -0.983. The molecule has 5 aliphatic rings. The Morgan fingerprint density at radius 1 is 0.475 bits per heavy atom. The molecular formula is C64H106N13O21P. The van der Waals surface area contributed by atoms with E-state index < -0.39 is 184 Å². The summed E-state index contributed by atoms with van der Waals surface area (Å²) in [5.41, 5.74) is 11.1. The topological polar surface area (TPSA) is 507 Å². The summed E-state index contributed by atoms with van der Waals surface area (Å²) in [4.78, 5) is 215. The number of carboxylic acid groups (broad SMARTS) is 2. The number of carboxylic acids is 2. The fourth-order valence-electron chi connectivity index (χ4n) is 13.6. The Hall–Kier alpha value is -7.39. The van der Waals surface area contributed by atoms with Gasteiger partial charge in [0.05, 0.1) is 13.2 Å². The number of nitrogens with two attached hydrogens (primary N) is 2. The number of phosphoric acid groups is 1. The number of rotatable bonds is 43. The van der Waals surface area contributed by atoms with Gasteiger partial charge in [0.25, 0.3) is 0 Å². The molecule has 5 fully saturated rings. The zero-order valence-corrected chi connectivity index (χ0v) is 58.0. The minimum atomic E-state index is -5.26. The lowest BCUT2D eigenvalue weighted by Crippen LogP contribution is -2.60. The number of hydrogen-bond donors (Lipinski definition) is 13. The average Bonchev–Trinajstić information content (AvgIpc) is 1.68. The Kier molecular flexibility index (Phi) is 34.4. The lowest BCUT2D eigenvalue weighted by molar-refractivity contribution is -0.150. The van der Waals surface area contributed by atoms with E-state index in [1.54, 1.807) is 0 Å². The minimum absolute atomic E-state index is 0.00189. The van der Waals surface area contributed by atoms with Gasteiger partial charge >= 0.3 is 19.8 Å². The smallest absolute Gasteiger partial charge is 0.469 e. The third-order valence-corrected chi connectivity index (χ3v) is 19.4. The highest BCUT2D eigenvalue weighted by Crippen LogP contribution is 2.36. The van der Waals surface area contributed by atoms with Crippen molar-refractivity contribution in [3.8, 4) is 0 Å². The lowest BCUT2D eigenvalue weighted by atomic mass is 10.0. The second-order valence-corrected chi connectivity index (χ2v) is 27.6. The Balaban J connectivity index is 1.18. The molecule has 0 saturated carbocycles. The number of aliphatic carboxylic acids is 2. The van der Waals surface area contributed by atoms with Gasteiger partial charge in [-0.1, -0.05) is 71.1 Å². The highest BCUT2D eigenvalue weighted by Gasteiger charge is 2.48. The normalized spacial score (nSPS) is 21.0. The van der Waals surface area contributed by atoms with E-state index >= 15 is 0 Å². The van der Waals surface area contributed by atoms with E-state index in [4.69, 9.17) is 11.5 Å². The number of aliphatic hydroxyl groups excluding tert-OH is 1. The predicted molar refractivity (Wildman–Crippen MR) is 353 cm³/mol. The molecule has 0 spiro atoms. The largest absolute Gasteiger partial charge is 0.481 e. The van der Waals surface area contributed by atoms with Crippen LogP contribution in [0.1, 0.15) is 200 Å². The molecule has 12 amide bonds. The van der Waals surface area contributed by atoms with Crippen LogP contribution in [0.3, 0.4) is 0 Å². The Bertz CT molecular complexity index is 2870. The molecule has 11 atom stereocenters. The van der Waals surface area contributed by atoms with Gasteiger partial charge < -0.3 is 93.0 Å². The molecule has 5 rings (SSSR count). The van der Waals surface area contributed by atoms with Crippen molar-refractivity contribution in [3.05, 3.63) is 0 Å². The van der Waals surface area contributed by atoms with Crippen LogP contribution in [0, 0.1) is 0 Å². The first-order chi connectivity index (χ1) is 47.1. The summed E-state index contributed by atoms with van der Waals surface area (Å²) in [6.45, 7) is 1.89. The molecule has 0 bridgehead atoms. The van der Waals surface area contributed by atoms with Gasteiger partial charge in [0, 0.05) is 52.0 Å². The van der Waals surface area contributed by atoms with Crippen LogP contribution >= 0.6 is 7.82 Å². The van der Waals surface area contributed by atoms with Crippen molar-refractivity contribution in [1.29, 1.82) is 0 Å². The van der Waals surface area contributed by atoms with Crippen LogP contribution in [-0.2, 0) is 76.2 Å². The number of hydrogen-bond acceptors (Lipinski definition) is 18. The Morgan fingerprint density at radius 2 is 0.889 bits per heavy atom. The van der Waals surface area contributed by atoms with E-state index in [2.05, 4.69) is 43.3 Å². The van der Waals surface area contributed by atoms with Crippen LogP contribution in [0.5, 0.6) is 0 Å². The molecular weight excluding hydrogens is 1320 g/mol. The average molecular weight is 1420 g/mol. The first kappa shape index (κ1) is 82.3. The van der Waals surface area contributed by atoms with E-state index in [1.165, 1.54) is 60.1 Å². The fourth-order valence-corrected chi connectivity index (χ4v) is 13.9. The second kappa shape index (κ2) is 41.4. The SMILES string of the molecule is CCCCCCCCCCCCCC(=O)N[C@@H](CCCCN)C(=O)N[C@@H](CCC(=O)O)C(=O)N[C@@H](C)C(=O)N1CCC[C@H]1C(=O)N1CCC[C@H]1C(=O)N[C@@H](CO)C(=O)N1CCC[C@H]1C(=O)N1CCC[C@H]1C(=O)N[C@@H](CCC(N)=O)C(=O)N[C@@H](COP(=O)(O)O)C(=O)N1CCC[C@H]1C(=O)O. The quantitative estimate of drug-likeness (QED) is 0.0258. The third kappa shape index (κ3) is 25.6. The Labute approximate surface area is 576 Å². The van der Waals surface area contributed by atoms with Crippen molar-refractivity contribution in [2.75, 3.05) is 52.5 Å². The van der Waals surface area contributed by atoms with Crippen molar-refractivity contribution in [3.63, 3.8) is 0 Å². The molecule has 558 valence electrons. The van der Waals surface area contributed by atoms with Crippen molar-refractivity contribution in [2.45, 2.75) is 267 Å².